The molecule has 1 heterocycles. The number of aliphatic hydroxyl groups is 1. The molecule has 1 unspecified atom stereocenters. The third kappa shape index (κ3) is 3.12. The second-order valence-electron chi connectivity index (χ2n) is 4.32. The predicted molar refractivity (Wildman–Crippen MR) is 67.1 cm³/mol. The fraction of sp³-hybridized carbons (Fsp3) is 0.286. The van der Waals surface area contributed by atoms with Gasteiger partial charge in [-0.25, -0.2) is 4.79 Å². The van der Waals surface area contributed by atoms with Crippen molar-refractivity contribution in [1.82, 2.24) is 4.90 Å². The highest BCUT2D eigenvalue weighted by atomic mass is 16.4. The van der Waals surface area contributed by atoms with Gasteiger partial charge in [-0.1, -0.05) is 24.1 Å². The molecule has 19 heavy (non-hydrogen) atoms. The molecule has 1 fully saturated rings. The summed E-state index contributed by atoms with van der Waals surface area (Å²) in [5.41, 5.74) is 0.683. The van der Waals surface area contributed by atoms with E-state index in [1.807, 2.05) is 6.07 Å². The number of hydrogen-bond donors (Lipinski definition) is 2. The minimum absolute atomic E-state index is 0.0132. The molecule has 5 heteroatoms. The molecule has 2 atom stereocenters. The lowest BCUT2D eigenvalue weighted by Crippen LogP contribution is -2.39. The largest absolute Gasteiger partial charge is 0.480 e. The van der Waals surface area contributed by atoms with Crippen LogP contribution in [0.1, 0.15) is 12.0 Å². The first kappa shape index (κ1) is 13.1. The van der Waals surface area contributed by atoms with Crippen LogP contribution in [0.15, 0.2) is 30.3 Å². The van der Waals surface area contributed by atoms with Gasteiger partial charge in [-0.2, -0.15) is 0 Å². The van der Waals surface area contributed by atoms with Gasteiger partial charge in [0.25, 0.3) is 5.91 Å². The minimum atomic E-state index is -1.12. The SMILES string of the molecule is O=C(O)[C@@H]1CC(O)CN1C(=O)C#Cc1ccccc1. The van der Waals surface area contributed by atoms with E-state index in [9.17, 15) is 14.7 Å². The Morgan fingerprint density at radius 3 is 2.58 bits per heavy atom. The van der Waals surface area contributed by atoms with Crippen molar-refractivity contribution in [2.45, 2.75) is 18.6 Å². The number of rotatable bonds is 1. The summed E-state index contributed by atoms with van der Waals surface area (Å²) in [6.45, 7) is 0.0132. The Kier molecular flexibility index (Phi) is 3.83. The van der Waals surface area contributed by atoms with Gasteiger partial charge in [-0.3, -0.25) is 4.79 Å². The van der Waals surface area contributed by atoms with E-state index in [1.54, 1.807) is 24.3 Å². The van der Waals surface area contributed by atoms with Crippen LogP contribution in [-0.4, -0.2) is 45.7 Å². The summed E-state index contributed by atoms with van der Waals surface area (Å²) in [4.78, 5) is 23.9. The van der Waals surface area contributed by atoms with E-state index in [0.717, 1.165) is 4.90 Å². The molecule has 1 aliphatic rings. The Labute approximate surface area is 110 Å². The van der Waals surface area contributed by atoms with Crippen LogP contribution in [0.5, 0.6) is 0 Å². The van der Waals surface area contributed by atoms with Crippen molar-refractivity contribution in [2.24, 2.45) is 0 Å². The van der Waals surface area contributed by atoms with E-state index in [-0.39, 0.29) is 13.0 Å². The molecule has 5 nitrogen and oxygen atoms in total. The molecule has 1 aliphatic heterocycles. The lowest BCUT2D eigenvalue weighted by molar-refractivity contribution is -0.146. The van der Waals surface area contributed by atoms with Crippen LogP contribution in [0.4, 0.5) is 0 Å². The quantitative estimate of drug-likeness (QED) is 0.700. The Morgan fingerprint density at radius 1 is 1.26 bits per heavy atom. The molecule has 0 saturated carbocycles. The van der Waals surface area contributed by atoms with E-state index in [1.165, 1.54) is 0 Å². The third-order valence-corrected chi connectivity index (χ3v) is 2.91. The molecular weight excluding hydrogens is 246 g/mol. The standard InChI is InChI=1S/C14H13NO4/c16-11-8-12(14(18)19)15(9-11)13(17)7-6-10-4-2-1-3-5-10/h1-5,11-12,16H,8-9H2,(H,18,19)/t11?,12-/m0/s1. The number of hydrogen-bond acceptors (Lipinski definition) is 3. The summed E-state index contributed by atoms with van der Waals surface area (Å²) >= 11 is 0. The number of aliphatic hydroxyl groups excluding tert-OH is 1. The molecule has 0 spiro atoms. The van der Waals surface area contributed by atoms with E-state index in [4.69, 9.17) is 5.11 Å². The first-order chi connectivity index (χ1) is 9.08. The zero-order valence-electron chi connectivity index (χ0n) is 10.1. The molecule has 0 aromatic heterocycles. The van der Waals surface area contributed by atoms with Gasteiger partial charge in [-0.15, -0.1) is 0 Å². The van der Waals surface area contributed by atoms with Gasteiger partial charge in [0.05, 0.1) is 6.10 Å². The molecule has 2 rings (SSSR count). The number of carboxylic acids is 1. The average Bonchev–Trinajstić information content (AvgIpc) is 2.79. The fourth-order valence-corrected chi connectivity index (χ4v) is 1.99. The van der Waals surface area contributed by atoms with Crippen molar-refractivity contribution in [3.05, 3.63) is 35.9 Å². The Morgan fingerprint density at radius 2 is 1.95 bits per heavy atom. The Bertz CT molecular complexity index is 544. The maximum Gasteiger partial charge on any atom is 0.326 e. The van der Waals surface area contributed by atoms with Gasteiger partial charge >= 0.3 is 5.97 Å². The zero-order valence-corrected chi connectivity index (χ0v) is 10.1. The minimum Gasteiger partial charge on any atom is -0.480 e. The first-order valence-electron chi connectivity index (χ1n) is 5.86. The summed E-state index contributed by atoms with van der Waals surface area (Å²) in [5.74, 6) is 3.39. The lowest BCUT2D eigenvalue weighted by atomic mass is 10.2. The molecular formula is C14H13NO4. The highest BCUT2D eigenvalue weighted by Gasteiger charge is 2.38. The number of aliphatic carboxylic acids is 1. The van der Waals surface area contributed by atoms with Gasteiger partial charge in [0.1, 0.15) is 6.04 Å². The average molecular weight is 259 g/mol. The number of carbonyl (C=O) groups excluding carboxylic acids is 1. The highest BCUT2D eigenvalue weighted by molar-refractivity contribution is 5.97. The van der Waals surface area contributed by atoms with E-state index < -0.39 is 24.0 Å². The number of carbonyl (C=O) groups is 2. The smallest absolute Gasteiger partial charge is 0.326 e. The van der Waals surface area contributed by atoms with E-state index >= 15 is 0 Å². The molecule has 1 amide bonds. The first-order valence-corrected chi connectivity index (χ1v) is 5.86. The van der Waals surface area contributed by atoms with Crippen LogP contribution in [0, 0.1) is 11.8 Å². The van der Waals surface area contributed by atoms with Crippen LogP contribution in [-0.2, 0) is 9.59 Å². The van der Waals surface area contributed by atoms with Crippen molar-refractivity contribution in [1.29, 1.82) is 0 Å². The van der Waals surface area contributed by atoms with Gasteiger partial charge in [0.2, 0.25) is 0 Å². The second kappa shape index (κ2) is 5.55. The summed E-state index contributed by atoms with van der Waals surface area (Å²) in [6.07, 6.45) is -0.753. The fourth-order valence-electron chi connectivity index (χ4n) is 1.99. The van der Waals surface area contributed by atoms with E-state index in [2.05, 4.69) is 11.8 Å². The summed E-state index contributed by atoms with van der Waals surface area (Å²) < 4.78 is 0. The lowest BCUT2D eigenvalue weighted by Gasteiger charge is -2.17. The van der Waals surface area contributed by atoms with Gasteiger partial charge in [0.15, 0.2) is 0 Å². The molecule has 1 aromatic carbocycles. The second-order valence-corrected chi connectivity index (χ2v) is 4.32. The number of benzene rings is 1. The monoisotopic (exact) mass is 259 g/mol. The summed E-state index contributed by atoms with van der Waals surface area (Å²) in [6, 6.07) is 7.96. The van der Waals surface area contributed by atoms with Gasteiger partial charge in [0, 0.05) is 24.4 Å². The summed E-state index contributed by atoms with van der Waals surface area (Å²) in [7, 11) is 0. The molecule has 1 saturated heterocycles. The van der Waals surface area contributed by atoms with Gasteiger partial charge in [-0.05, 0) is 12.1 Å². The van der Waals surface area contributed by atoms with Gasteiger partial charge < -0.3 is 15.1 Å². The van der Waals surface area contributed by atoms with Crippen LogP contribution in [0.25, 0.3) is 0 Å². The van der Waals surface area contributed by atoms with Crippen molar-refractivity contribution in [2.75, 3.05) is 6.54 Å². The maximum atomic E-state index is 11.9. The van der Waals surface area contributed by atoms with E-state index in [0.29, 0.717) is 5.56 Å². The van der Waals surface area contributed by atoms with Crippen molar-refractivity contribution in [3.63, 3.8) is 0 Å². The van der Waals surface area contributed by atoms with Crippen LogP contribution >= 0.6 is 0 Å². The third-order valence-electron chi connectivity index (χ3n) is 2.91. The highest BCUT2D eigenvalue weighted by Crippen LogP contribution is 2.17. The molecule has 0 aliphatic carbocycles. The molecule has 0 bridgehead atoms. The molecule has 0 radical (unpaired) electrons. The number of carboxylic acid groups (broad SMARTS) is 1. The van der Waals surface area contributed by atoms with Crippen LogP contribution < -0.4 is 0 Å². The number of β-amino-alcohol motifs (C(OH)–C–C–N with tert-alkyl or cyclic N) is 1. The summed E-state index contributed by atoms with van der Waals surface area (Å²) in [5, 5.41) is 18.4. The number of likely N-dealkylation sites (tertiary alicyclic amines) is 1. The molecule has 1 aromatic rings. The maximum absolute atomic E-state index is 11.9. The normalized spacial score (nSPS) is 21.6. The van der Waals surface area contributed by atoms with Crippen LogP contribution in [0.2, 0.25) is 0 Å². The van der Waals surface area contributed by atoms with Crippen molar-refractivity contribution >= 4 is 11.9 Å². The Hall–Kier alpha value is -2.32. The van der Waals surface area contributed by atoms with Crippen molar-refractivity contribution in [3.8, 4) is 11.8 Å². The number of amides is 1. The van der Waals surface area contributed by atoms with Crippen molar-refractivity contribution < 1.29 is 19.8 Å². The number of nitrogens with zero attached hydrogens (tertiary/aromatic N) is 1. The zero-order chi connectivity index (χ0) is 13.8. The van der Waals surface area contributed by atoms with Crippen LogP contribution in [0.3, 0.4) is 0 Å². The molecule has 98 valence electrons. The molecule has 2 N–H and O–H groups in total. The topological polar surface area (TPSA) is 77.8 Å². The predicted octanol–water partition coefficient (Wildman–Crippen LogP) is 0.0845. The Balaban J connectivity index is 2.12.